The fourth-order valence-electron chi connectivity index (χ4n) is 2.87. The molecule has 0 radical (unpaired) electrons. The van der Waals surface area contributed by atoms with Gasteiger partial charge in [-0.3, -0.25) is 0 Å². The van der Waals surface area contributed by atoms with Crippen molar-refractivity contribution in [2.45, 2.75) is 51.2 Å². The minimum atomic E-state index is 0.327. The zero-order valence-electron chi connectivity index (χ0n) is 12.5. The van der Waals surface area contributed by atoms with Gasteiger partial charge in [0.1, 0.15) is 0 Å². The van der Waals surface area contributed by atoms with E-state index in [1.165, 1.54) is 25.7 Å². The Morgan fingerprint density at radius 2 is 2.11 bits per heavy atom. The van der Waals surface area contributed by atoms with E-state index in [4.69, 9.17) is 14.2 Å². The highest BCUT2D eigenvalue weighted by Gasteiger charge is 2.41. The summed E-state index contributed by atoms with van der Waals surface area (Å²) in [4.78, 5) is 0. The van der Waals surface area contributed by atoms with Crippen molar-refractivity contribution in [3.63, 3.8) is 0 Å². The third-order valence-electron chi connectivity index (χ3n) is 4.55. The third kappa shape index (κ3) is 4.71. The van der Waals surface area contributed by atoms with Gasteiger partial charge in [-0.25, -0.2) is 0 Å². The number of methoxy groups -OCH3 is 1. The normalized spacial score (nSPS) is 30.9. The molecule has 19 heavy (non-hydrogen) atoms. The van der Waals surface area contributed by atoms with E-state index in [2.05, 4.69) is 12.2 Å². The zero-order chi connectivity index (χ0) is 13.6. The van der Waals surface area contributed by atoms with Gasteiger partial charge in [0.05, 0.1) is 19.3 Å². The van der Waals surface area contributed by atoms with Crippen LogP contribution in [0.1, 0.15) is 39.0 Å². The van der Waals surface area contributed by atoms with Gasteiger partial charge < -0.3 is 19.5 Å². The monoisotopic (exact) mass is 271 g/mol. The third-order valence-corrected chi connectivity index (χ3v) is 4.55. The Morgan fingerprint density at radius 1 is 1.26 bits per heavy atom. The average molecular weight is 271 g/mol. The molecule has 0 aromatic carbocycles. The Labute approximate surface area is 117 Å². The molecule has 2 aliphatic rings. The molecule has 112 valence electrons. The predicted octanol–water partition coefficient (Wildman–Crippen LogP) is 1.98. The summed E-state index contributed by atoms with van der Waals surface area (Å²) in [5.74, 6) is 0. The molecule has 2 atom stereocenters. The molecule has 2 fully saturated rings. The van der Waals surface area contributed by atoms with Crippen LogP contribution in [0.4, 0.5) is 0 Å². The van der Waals surface area contributed by atoms with Gasteiger partial charge in [0.25, 0.3) is 0 Å². The lowest BCUT2D eigenvalue weighted by atomic mass is 9.77. The van der Waals surface area contributed by atoms with Crippen molar-refractivity contribution in [2.75, 3.05) is 40.1 Å². The first-order valence-electron chi connectivity index (χ1n) is 7.68. The van der Waals surface area contributed by atoms with Gasteiger partial charge in [0.15, 0.2) is 0 Å². The maximum atomic E-state index is 5.82. The molecular formula is C15H29NO3. The van der Waals surface area contributed by atoms with Crippen LogP contribution < -0.4 is 5.32 Å². The fraction of sp³-hybridized carbons (Fsp3) is 1.00. The van der Waals surface area contributed by atoms with Crippen LogP contribution in [0, 0.1) is 5.41 Å². The first kappa shape index (κ1) is 15.2. The summed E-state index contributed by atoms with van der Waals surface area (Å²) in [5.41, 5.74) is 0.327. The molecule has 4 nitrogen and oxygen atoms in total. The van der Waals surface area contributed by atoms with Crippen LogP contribution in [-0.2, 0) is 14.2 Å². The average Bonchev–Trinajstić information content (AvgIpc) is 3.17. The Hall–Kier alpha value is -0.160. The summed E-state index contributed by atoms with van der Waals surface area (Å²) in [6.45, 7) is 6.48. The van der Waals surface area contributed by atoms with Crippen LogP contribution in [0.2, 0.25) is 0 Å². The molecule has 2 rings (SSSR count). The smallest absolute Gasteiger partial charge is 0.0700 e. The number of hydrogen-bond acceptors (Lipinski definition) is 4. The molecule has 0 spiro atoms. The minimum absolute atomic E-state index is 0.327. The topological polar surface area (TPSA) is 39.7 Å². The van der Waals surface area contributed by atoms with Gasteiger partial charge in [-0.05, 0) is 39.0 Å². The second-order valence-corrected chi connectivity index (χ2v) is 5.99. The molecule has 1 saturated carbocycles. The molecular weight excluding hydrogens is 242 g/mol. The van der Waals surface area contributed by atoms with Crippen LogP contribution in [0.5, 0.6) is 0 Å². The molecule has 1 aliphatic heterocycles. The van der Waals surface area contributed by atoms with Crippen molar-refractivity contribution in [3.8, 4) is 0 Å². The zero-order valence-corrected chi connectivity index (χ0v) is 12.5. The van der Waals surface area contributed by atoms with Crippen LogP contribution in [0.25, 0.3) is 0 Å². The Morgan fingerprint density at radius 3 is 2.74 bits per heavy atom. The first-order chi connectivity index (χ1) is 9.27. The van der Waals surface area contributed by atoms with Crippen LogP contribution >= 0.6 is 0 Å². The molecule has 2 unspecified atom stereocenters. The first-order valence-corrected chi connectivity index (χ1v) is 7.68. The van der Waals surface area contributed by atoms with Gasteiger partial charge in [0, 0.05) is 38.3 Å². The molecule has 1 aliphatic carbocycles. The van der Waals surface area contributed by atoms with E-state index in [-0.39, 0.29) is 0 Å². The summed E-state index contributed by atoms with van der Waals surface area (Å²) in [6.07, 6.45) is 6.57. The molecule has 4 heteroatoms. The van der Waals surface area contributed by atoms with Gasteiger partial charge >= 0.3 is 0 Å². The summed E-state index contributed by atoms with van der Waals surface area (Å²) < 4.78 is 16.4. The molecule has 0 bridgehead atoms. The van der Waals surface area contributed by atoms with Gasteiger partial charge in [-0.15, -0.1) is 0 Å². The lowest BCUT2D eigenvalue weighted by Gasteiger charge is -2.32. The van der Waals surface area contributed by atoms with E-state index in [1.807, 2.05) is 0 Å². The van der Waals surface area contributed by atoms with Crippen LogP contribution in [-0.4, -0.2) is 52.2 Å². The van der Waals surface area contributed by atoms with E-state index in [0.29, 0.717) is 24.7 Å². The van der Waals surface area contributed by atoms with Crippen molar-refractivity contribution in [1.29, 1.82) is 0 Å². The standard InChI is InChI=1S/C15H29NO3/c1-13-15(7-9-19-13,12-16-14-4-5-14)6-3-8-18-11-10-17-2/h13-14,16H,3-12H2,1-2H3. The van der Waals surface area contributed by atoms with Gasteiger partial charge in [-0.1, -0.05) is 0 Å². The van der Waals surface area contributed by atoms with E-state index in [1.54, 1.807) is 7.11 Å². The largest absolute Gasteiger partial charge is 0.382 e. The fourth-order valence-corrected chi connectivity index (χ4v) is 2.87. The number of nitrogens with one attached hydrogen (secondary N) is 1. The highest BCUT2D eigenvalue weighted by Crippen LogP contribution is 2.39. The Balaban J connectivity index is 1.67. The van der Waals surface area contributed by atoms with E-state index in [0.717, 1.165) is 32.2 Å². The maximum absolute atomic E-state index is 5.82. The highest BCUT2D eigenvalue weighted by molar-refractivity contribution is 4.94. The Bertz CT molecular complexity index is 258. The molecule has 0 aromatic rings. The summed E-state index contributed by atoms with van der Waals surface area (Å²) in [6, 6.07) is 0.780. The van der Waals surface area contributed by atoms with Crippen molar-refractivity contribution in [2.24, 2.45) is 5.41 Å². The molecule has 1 heterocycles. The molecule has 1 saturated heterocycles. The number of hydrogen-bond donors (Lipinski definition) is 1. The number of rotatable bonds is 10. The van der Waals surface area contributed by atoms with E-state index in [9.17, 15) is 0 Å². The van der Waals surface area contributed by atoms with Gasteiger partial charge in [-0.2, -0.15) is 0 Å². The van der Waals surface area contributed by atoms with Gasteiger partial charge in [0.2, 0.25) is 0 Å². The summed E-state index contributed by atoms with van der Waals surface area (Å²) in [5, 5.41) is 3.69. The van der Waals surface area contributed by atoms with Crippen LogP contribution in [0.15, 0.2) is 0 Å². The van der Waals surface area contributed by atoms with Crippen molar-refractivity contribution in [1.82, 2.24) is 5.32 Å². The summed E-state index contributed by atoms with van der Waals surface area (Å²) >= 11 is 0. The van der Waals surface area contributed by atoms with E-state index >= 15 is 0 Å². The lowest BCUT2D eigenvalue weighted by molar-refractivity contribution is 0.0404. The Kier molecular flexibility index (Phi) is 6.07. The molecule has 0 amide bonds. The minimum Gasteiger partial charge on any atom is -0.382 e. The second kappa shape index (κ2) is 7.58. The SMILES string of the molecule is COCCOCCCC1(CNC2CC2)CCOC1C. The number of ether oxygens (including phenoxy) is 3. The van der Waals surface area contributed by atoms with E-state index < -0.39 is 0 Å². The summed E-state index contributed by atoms with van der Waals surface area (Å²) in [7, 11) is 1.71. The lowest BCUT2D eigenvalue weighted by Crippen LogP contribution is -2.40. The quantitative estimate of drug-likeness (QED) is 0.617. The van der Waals surface area contributed by atoms with Crippen molar-refractivity contribution >= 4 is 0 Å². The molecule has 0 aromatic heterocycles. The van der Waals surface area contributed by atoms with Crippen LogP contribution in [0.3, 0.4) is 0 Å². The molecule has 1 N–H and O–H groups in total. The maximum Gasteiger partial charge on any atom is 0.0700 e. The predicted molar refractivity (Wildman–Crippen MR) is 75.4 cm³/mol. The highest BCUT2D eigenvalue weighted by atomic mass is 16.5. The second-order valence-electron chi connectivity index (χ2n) is 5.99. The van der Waals surface area contributed by atoms with Crippen molar-refractivity contribution in [3.05, 3.63) is 0 Å². The van der Waals surface area contributed by atoms with Crippen molar-refractivity contribution < 1.29 is 14.2 Å².